The summed E-state index contributed by atoms with van der Waals surface area (Å²) < 4.78 is 16.7. The number of rotatable bonds is 6. The van der Waals surface area contributed by atoms with Gasteiger partial charge in [-0.25, -0.2) is 0 Å². The van der Waals surface area contributed by atoms with Crippen LogP contribution in [0, 0.1) is 6.92 Å². The number of halogens is 1. The first-order chi connectivity index (χ1) is 17.7. The average Bonchev–Trinajstić information content (AvgIpc) is 2.90. The molecule has 0 N–H and O–H groups in total. The zero-order chi connectivity index (χ0) is 26.2. The SMILES string of the molecule is Cc1c([C@@H](Cc2ccccc2)[P@@](=O)(Cc2ccc3ccccc3c2Br)C(C)(C)C)ccc2ccccc12. The molecule has 2 atom stereocenters. The van der Waals surface area contributed by atoms with Gasteiger partial charge in [-0.1, -0.05) is 124 Å². The summed E-state index contributed by atoms with van der Waals surface area (Å²) in [6, 6.07) is 36.3. The first-order valence-electron chi connectivity index (χ1n) is 13.0. The molecule has 5 aromatic rings. The quantitative estimate of drug-likeness (QED) is 0.186. The Labute approximate surface area is 229 Å². The van der Waals surface area contributed by atoms with Crippen LogP contribution in [-0.2, 0) is 17.1 Å². The van der Waals surface area contributed by atoms with Gasteiger partial charge in [0.25, 0.3) is 0 Å². The lowest BCUT2D eigenvalue weighted by Gasteiger charge is -2.39. The molecule has 0 radical (unpaired) electrons. The summed E-state index contributed by atoms with van der Waals surface area (Å²) in [5, 5.41) is 4.45. The number of benzene rings is 5. The second-order valence-electron chi connectivity index (χ2n) is 11.1. The predicted octanol–water partition coefficient (Wildman–Crippen LogP) is 10.7. The normalized spacial score (nSPS) is 14.5. The van der Waals surface area contributed by atoms with Gasteiger partial charge in [0.1, 0.15) is 7.14 Å². The fraction of sp³-hybridized carbons (Fsp3) is 0.235. The molecule has 5 aromatic carbocycles. The maximum absolute atomic E-state index is 15.7. The van der Waals surface area contributed by atoms with Crippen LogP contribution in [0.2, 0.25) is 0 Å². The summed E-state index contributed by atoms with van der Waals surface area (Å²) in [7, 11) is -2.86. The molecular weight excluding hydrogens is 535 g/mol. The second-order valence-corrected chi connectivity index (χ2v) is 15.8. The minimum Gasteiger partial charge on any atom is -0.322 e. The fourth-order valence-electron chi connectivity index (χ4n) is 5.59. The highest BCUT2D eigenvalue weighted by atomic mass is 79.9. The summed E-state index contributed by atoms with van der Waals surface area (Å²) >= 11 is 3.90. The molecule has 0 saturated carbocycles. The van der Waals surface area contributed by atoms with E-state index in [1.165, 1.54) is 38.2 Å². The zero-order valence-electron chi connectivity index (χ0n) is 22.0. The Bertz CT molecular complexity index is 1610. The molecule has 0 aliphatic heterocycles. The highest BCUT2D eigenvalue weighted by Gasteiger charge is 2.45. The van der Waals surface area contributed by atoms with Crippen molar-refractivity contribution in [2.75, 3.05) is 0 Å². The Morgan fingerprint density at radius 2 is 1.30 bits per heavy atom. The highest BCUT2D eigenvalue weighted by Crippen LogP contribution is 2.71. The number of aryl methyl sites for hydroxylation is 1. The van der Waals surface area contributed by atoms with Crippen LogP contribution in [0.1, 0.15) is 48.7 Å². The van der Waals surface area contributed by atoms with Gasteiger partial charge in [-0.05, 0) is 73.1 Å². The van der Waals surface area contributed by atoms with Gasteiger partial charge in [0.2, 0.25) is 0 Å². The number of hydrogen-bond donors (Lipinski definition) is 0. The van der Waals surface area contributed by atoms with Crippen LogP contribution in [0.25, 0.3) is 21.5 Å². The van der Waals surface area contributed by atoms with Gasteiger partial charge in [-0.15, -0.1) is 0 Å². The molecule has 0 aromatic heterocycles. The van der Waals surface area contributed by atoms with E-state index in [-0.39, 0.29) is 10.8 Å². The van der Waals surface area contributed by atoms with E-state index in [0.717, 1.165) is 16.5 Å². The van der Waals surface area contributed by atoms with Gasteiger partial charge in [-0.2, -0.15) is 0 Å². The van der Waals surface area contributed by atoms with Gasteiger partial charge in [-0.3, -0.25) is 0 Å². The molecule has 0 unspecified atom stereocenters. The van der Waals surface area contributed by atoms with E-state index in [1.807, 2.05) is 0 Å². The molecule has 0 saturated heterocycles. The molecule has 0 bridgehead atoms. The summed E-state index contributed by atoms with van der Waals surface area (Å²) in [6.07, 6.45) is 1.30. The van der Waals surface area contributed by atoms with Crippen molar-refractivity contribution in [3.63, 3.8) is 0 Å². The summed E-state index contributed by atoms with van der Waals surface area (Å²) in [5.74, 6) is 0. The fourth-order valence-corrected chi connectivity index (χ4v) is 10.1. The first kappa shape index (κ1) is 26.0. The van der Waals surface area contributed by atoms with Gasteiger partial charge in [0, 0.05) is 21.4 Å². The van der Waals surface area contributed by atoms with Gasteiger partial charge < -0.3 is 4.57 Å². The van der Waals surface area contributed by atoms with Gasteiger partial charge in [0.05, 0.1) is 0 Å². The van der Waals surface area contributed by atoms with Crippen LogP contribution < -0.4 is 0 Å². The Morgan fingerprint density at radius 1 is 0.730 bits per heavy atom. The standard InChI is InChI=1S/C34H34BrOP/c1-24-29-16-10-8-14-26(29)20-21-30(24)32(22-25-12-6-5-7-13-25)37(36,34(2,3)4)23-28-19-18-27-15-9-11-17-31(27)33(28)35/h5-21,32H,22-23H2,1-4H3/t32-,37+/m1/s1. The molecule has 0 amide bonds. The summed E-state index contributed by atoms with van der Waals surface area (Å²) in [6.45, 7) is 8.69. The predicted molar refractivity (Wildman–Crippen MR) is 164 cm³/mol. The van der Waals surface area contributed by atoms with E-state index in [1.54, 1.807) is 0 Å². The van der Waals surface area contributed by atoms with Crippen molar-refractivity contribution in [3.8, 4) is 0 Å². The molecule has 0 spiro atoms. The Kier molecular flexibility index (Phi) is 7.18. The van der Waals surface area contributed by atoms with Crippen LogP contribution in [0.4, 0.5) is 0 Å². The topological polar surface area (TPSA) is 17.1 Å². The molecule has 0 fully saturated rings. The van der Waals surface area contributed by atoms with Crippen LogP contribution >= 0.6 is 23.1 Å². The summed E-state index contributed by atoms with van der Waals surface area (Å²) in [4.78, 5) is 0. The third-order valence-corrected chi connectivity index (χ3v) is 13.3. The molecule has 188 valence electrons. The molecular formula is C34H34BrOP. The van der Waals surface area contributed by atoms with Crippen molar-refractivity contribution in [3.05, 3.63) is 130 Å². The van der Waals surface area contributed by atoms with E-state index < -0.39 is 7.14 Å². The summed E-state index contributed by atoms with van der Waals surface area (Å²) in [5.41, 5.74) is 4.69. The minimum absolute atomic E-state index is 0.0992. The highest BCUT2D eigenvalue weighted by molar-refractivity contribution is 9.10. The molecule has 0 aliphatic carbocycles. The van der Waals surface area contributed by atoms with Crippen molar-refractivity contribution < 1.29 is 4.57 Å². The van der Waals surface area contributed by atoms with Crippen LogP contribution in [0.5, 0.6) is 0 Å². The molecule has 3 heteroatoms. The van der Waals surface area contributed by atoms with Crippen LogP contribution in [0.3, 0.4) is 0 Å². The van der Waals surface area contributed by atoms with E-state index >= 15 is 4.57 Å². The molecule has 0 aliphatic rings. The molecule has 5 rings (SSSR count). The first-order valence-corrected chi connectivity index (χ1v) is 15.7. The maximum Gasteiger partial charge on any atom is 0.104 e. The molecule has 1 nitrogen and oxygen atoms in total. The van der Waals surface area contributed by atoms with E-state index in [4.69, 9.17) is 0 Å². The van der Waals surface area contributed by atoms with Crippen molar-refractivity contribution >= 4 is 44.6 Å². The van der Waals surface area contributed by atoms with E-state index in [9.17, 15) is 0 Å². The Morgan fingerprint density at radius 3 is 1.97 bits per heavy atom. The zero-order valence-corrected chi connectivity index (χ0v) is 24.5. The average molecular weight is 570 g/mol. The smallest absolute Gasteiger partial charge is 0.104 e. The van der Waals surface area contributed by atoms with Gasteiger partial charge >= 0.3 is 0 Å². The monoisotopic (exact) mass is 568 g/mol. The lowest BCUT2D eigenvalue weighted by Crippen LogP contribution is -2.23. The van der Waals surface area contributed by atoms with E-state index in [0.29, 0.717) is 6.16 Å². The van der Waals surface area contributed by atoms with Crippen molar-refractivity contribution in [1.82, 2.24) is 0 Å². The molecule has 37 heavy (non-hydrogen) atoms. The Balaban J connectivity index is 1.71. The third-order valence-electron chi connectivity index (χ3n) is 7.86. The molecule has 0 heterocycles. The number of fused-ring (bicyclic) bond motifs is 2. The Hall–Kier alpha value is -2.67. The van der Waals surface area contributed by atoms with Crippen LogP contribution in [0.15, 0.2) is 108 Å². The van der Waals surface area contributed by atoms with Crippen molar-refractivity contribution in [1.29, 1.82) is 0 Å². The van der Waals surface area contributed by atoms with Gasteiger partial charge in [0.15, 0.2) is 0 Å². The minimum atomic E-state index is -2.86. The number of hydrogen-bond acceptors (Lipinski definition) is 1. The lowest BCUT2D eigenvalue weighted by atomic mass is 9.95. The maximum atomic E-state index is 15.7. The van der Waals surface area contributed by atoms with E-state index in [2.05, 4.69) is 147 Å². The van der Waals surface area contributed by atoms with Crippen molar-refractivity contribution in [2.45, 2.75) is 51.1 Å². The van der Waals surface area contributed by atoms with Crippen molar-refractivity contribution in [2.24, 2.45) is 0 Å². The third kappa shape index (κ3) is 4.95. The second kappa shape index (κ2) is 10.2. The lowest BCUT2D eigenvalue weighted by molar-refractivity contribution is 0.533. The van der Waals surface area contributed by atoms with Crippen LogP contribution in [-0.4, -0.2) is 5.16 Å². The largest absolute Gasteiger partial charge is 0.322 e.